The van der Waals surface area contributed by atoms with Crippen LogP contribution in [0.1, 0.15) is 30.3 Å². The molecule has 0 atom stereocenters. The summed E-state index contributed by atoms with van der Waals surface area (Å²) in [6.45, 7) is 5.51. The number of hydrogen-bond donors (Lipinski definition) is 0. The molecule has 0 unspecified atom stereocenters. The second-order valence-corrected chi connectivity index (χ2v) is 3.47. The van der Waals surface area contributed by atoms with Gasteiger partial charge in [0.1, 0.15) is 6.54 Å². The zero-order valence-corrected chi connectivity index (χ0v) is 8.85. The van der Waals surface area contributed by atoms with Crippen molar-refractivity contribution in [1.82, 2.24) is 9.78 Å². The van der Waals surface area contributed by atoms with Crippen LogP contribution in [0.2, 0.25) is 0 Å². The van der Waals surface area contributed by atoms with Crippen LogP contribution in [0.4, 0.5) is 8.78 Å². The second-order valence-electron chi connectivity index (χ2n) is 3.47. The van der Waals surface area contributed by atoms with E-state index < -0.39 is 6.43 Å². The van der Waals surface area contributed by atoms with Gasteiger partial charge in [0.05, 0.1) is 5.69 Å². The summed E-state index contributed by atoms with van der Waals surface area (Å²) in [6, 6.07) is 0. The summed E-state index contributed by atoms with van der Waals surface area (Å²) in [6.07, 6.45) is -0.398. The Morgan fingerprint density at radius 2 is 2.00 bits per heavy atom. The van der Waals surface area contributed by atoms with Crippen LogP contribution in [0, 0.1) is 13.8 Å². The maximum atomic E-state index is 12.2. The molecular weight excluding hydrogens is 186 g/mol. The molecule has 0 aliphatic carbocycles. The number of hydrogen-bond acceptors (Lipinski definition) is 1. The third kappa shape index (κ3) is 2.30. The van der Waals surface area contributed by atoms with Crippen molar-refractivity contribution in [3.8, 4) is 0 Å². The molecule has 0 aliphatic heterocycles. The van der Waals surface area contributed by atoms with E-state index >= 15 is 0 Å². The molecule has 0 radical (unpaired) electrons. The van der Waals surface area contributed by atoms with Crippen molar-refractivity contribution in [2.24, 2.45) is 0 Å². The van der Waals surface area contributed by atoms with Crippen molar-refractivity contribution < 1.29 is 8.78 Å². The Bertz CT molecular complexity index is 305. The van der Waals surface area contributed by atoms with Crippen LogP contribution in [0.25, 0.3) is 0 Å². The van der Waals surface area contributed by atoms with Crippen molar-refractivity contribution in [2.45, 2.75) is 46.6 Å². The first kappa shape index (κ1) is 11.1. The summed E-state index contributed by atoms with van der Waals surface area (Å²) in [5.74, 6) is 0. The molecule has 0 N–H and O–H groups in total. The van der Waals surface area contributed by atoms with E-state index in [0.29, 0.717) is 0 Å². The number of alkyl halides is 2. The van der Waals surface area contributed by atoms with Gasteiger partial charge in [-0.1, -0.05) is 13.3 Å². The van der Waals surface area contributed by atoms with Crippen LogP contribution in [-0.4, -0.2) is 16.2 Å². The minimum atomic E-state index is -2.33. The second kappa shape index (κ2) is 4.53. The Balaban J connectivity index is 2.92. The van der Waals surface area contributed by atoms with Gasteiger partial charge < -0.3 is 0 Å². The molecule has 1 aromatic rings. The van der Waals surface area contributed by atoms with Crippen molar-refractivity contribution in [3.63, 3.8) is 0 Å². The monoisotopic (exact) mass is 202 g/mol. The summed E-state index contributed by atoms with van der Waals surface area (Å²) >= 11 is 0. The summed E-state index contributed by atoms with van der Waals surface area (Å²) in [7, 11) is 0. The molecule has 0 spiro atoms. The lowest BCUT2D eigenvalue weighted by atomic mass is 10.1. The molecular formula is C10H16F2N2. The van der Waals surface area contributed by atoms with Gasteiger partial charge in [-0.2, -0.15) is 5.10 Å². The summed E-state index contributed by atoms with van der Waals surface area (Å²) in [5.41, 5.74) is 2.88. The van der Waals surface area contributed by atoms with E-state index in [4.69, 9.17) is 0 Å². The largest absolute Gasteiger partial charge is 0.264 e. The van der Waals surface area contributed by atoms with Gasteiger partial charge >= 0.3 is 0 Å². The maximum Gasteiger partial charge on any atom is 0.257 e. The Kier molecular flexibility index (Phi) is 3.61. The fourth-order valence-electron chi connectivity index (χ4n) is 1.65. The van der Waals surface area contributed by atoms with Crippen LogP contribution in [0.3, 0.4) is 0 Å². The van der Waals surface area contributed by atoms with E-state index in [1.807, 2.05) is 13.8 Å². The lowest BCUT2D eigenvalue weighted by Gasteiger charge is -2.03. The zero-order chi connectivity index (χ0) is 10.7. The lowest BCUT2D eigenvalue weighted by molar-refractivity contribution is 0.121. The summed E-state index contributed by atoms with van der Waals surface area (Å²) in [5, 5.41) is 4.11. The average Bonchev–Trinajstić information content (AvgIpc) is 2.32. The number of nitrogens with zero attached hydrogens (tertiary/aromatic N) is 2. The molecule has 1 rings (SSSR count). The number of rotatable bonds is 4. The Hall–Kier alpha value is -0.930. The smallest absolute Gasteiger partial charge is 0.257 e. The van der Waals surface area contributed by atoms with Crippen molar-refractivity contribution in [3.05, 3.63) is 17.0 Å². The Labute approximate surface area is 82.9 Å². The van der Waals surface area contributed by atoms with E-state index in [1.165, 1.54) is 4.68 Å². The predicted octanol–water partition coefficient (Wildman–Crippen LogP) is 2.72. The molecule has 80 valence electrons. The highest BCUT2D eigenvalue weighted by atomic mass is 19.3. The normalized spacial score (nSPS) is 11.3. The summed E-state index contributed by atoms with van der Waals surface area (Å²) in [4.78, 5) is 0. The van der Waals surface area contributed by atoms with Gasteiger partial charge in [-0.25, -0.2) is 8.78 Å². The molecule has 0 bridgehead atoms. The highest BCUT2D eigenvalue weighted by molar-refractivity contribution is 5.24. The van der Waals surface area contributed by atoms with E-state index in [0.717, 1.165) is 29.8 Å². The molecule has 4 heteroatoms. The average molecular weight is 202 g/mol. The van der Waals surface area contributed by atoms with Crippen LogP contribution < -0.4 is 0 Å². The van der Waals surface area contributed by atoms with Gasteiger partial charge in [0.2, 0.25) is 0 Å². The Morgan fingerprint density at radius 1 is 1.36 bits per heavy atom. The van der Waals surface area contributed by atoms with Crippen LogP contribution in [0.5, 0.6) is 0 Å². The number of aromatic nitrogens is 2. The van der Waals surface area contributed by atoms with Gasteiger partial charge in [-0.3, -0.25) is 4.68 Å². The minimum absolute atomic E-state index is 0.295. The van der Waals surface area contributed by atoms with Gasteiger partial charge in [0.25, 0.3) is 6.43 Å². The van der Waals surface area contributed by atoms with Crippen LogP contribution in [-0.2, 0) is 13.0 Å². The molecule has 1 heterocycles. The number of halogens is 2. The third-order valence-corrected chi connectivity index (χ3v) is 2.34. The van der Waals surface area contributed by atoms with Crippen LogP contribution >= 0.6 is 0 Å². The molecule has 2 nitrogen and oxygen atoms in total. The molecule has 0 fully saturated rings. The van der Waals surface area contributed by atoms with Crippen LogP contribution in [0.15, 0.2) is 0 Å². The van der Waals surface area contributed by atoms with Crippen molar-refractivity contribution in [1.29, 1.82) is 0 Å². The predicted molar refractivity (Wildman–Crippen MR) is 51.7 cm³/mol. The minimum Gasteiger partial charge on any atom is -0.264 e. The third-order valence-electron chi connectivity index (χ3n) is 2.34. The van der Waals surface area contributed by atoms with Crippen molar-refractivity contribution in [2.75, 3.05) is 0 Å². The molecule has 0 aliphatic rings. The maximum absolute atomic E-state index is 12.2. The summed E-state index contributed by atoms with van der Waals surface area (Å²) < 4.78 is 25.7. The highest BCUT2D eigenvalue weighted by Crippen LogP contribution is 2.15. The van der Waals surface area contributed by atoms with Gasteiger partial charge in [0, 0.05) is 5.69 Å². The van der Waals surface area contributed by atoms with Gasteiger partial charge in [-0.15, -0.1) is 0 Å². The molecule has 14 heavy (non-hydrogen) atoms. The molecule has 0 saturated carbocycles. The molecule has 0 amide bonds. The first-order valence-corrected chi connectivity index (χ1v) is 4.87. The van der Waals surface area contributed by atoms with E-state index in [1.54, 1.807) is 0 Å². The van der Waals surface area contributed by atoms with E-state index in [2.05, 4.69) is 12.0 Å². The Morgan fingerprint density at radius 3 is 2.50 bits per heavy atom. The number of aryl methyl sites for hydroxylation is 1. The lowest BCUT2D eigenvalue weighted by Crippen LogP contribution is -2.09. The SMILES string of the molecule is CCCc1c(C)nn(CC(F)F)c1C. The fourth-order valence-corrected chi connectivity index (χ4v) is 1.65. The van der Waals surface area contributed by atoms with E-state index in [-0.39, 0.29) is 6.54 Å². The highest BCUT2D eigenvalue weighted by Gasteiger charge is 2.13. The molecule has 0 aromatic carbocycles. The topological polar surface area (TPSA) is 17.8 Å². The zero-order valence-electron chi connectivity index (χ0n) is 8.85. The first-order valence-electron chi connectivity index (χ1n) is 4.87. The molecule has 1 aromatic heterocycles. The fraction of sp³-hybridized carbons (Fsp3) is 0.700. The quantitative estimate of drug-likeness (QED) is 0.734. The standard InChI is InChI=1S/C10H16F2N2/c1-4-5-9-7(2)13-14(8(9)3)6-10(11)12/h10H,4-6H2,1-3H3. The first-order chi connectivity index (χ1) is 6.56. The van der Waals surface area contributed by atoms with Crippen molar-refractivity contribution >= 4 is 0 Å². The van der Waals surface area contributed by atoms with E-state index in [9.17, 15) is 8.78 Å². The molecule has 0 saturated heterocycles. The van der Waals surface area contributed by atoms with Gasteiger partial charge in [-0.05, 0) is 25.8 Å². The van der Waals surface area contributed by atoms with Gasteiger partial charge in [0.15, 0.2) is 0 Å².